The van der Waals surface area contributed by atoms with Gasteiger partial charge in [-0.05, 0) is 25.1 Å². The average molecular weight is 287 g/mol. The van der Waals surface area contributed by atoms with Crippen LogP contribution >= 0.6 is 0 Å². The minimum absolute atomic E-state index is 0.200. The highest BCUT2D eigenvalue weighted by atomic mass is 19.1. The van der Waals surface area contributed by atoms with E-state index in [0.717, 1.165) is 24.3 Å². The maximum Gasteiger partial charge on any atom is 0.128 e. The summed E-state index contributed by atoms with van der Waals surface area (Å²) >= 11 is 0. The smallest absolute Gasteiger partial charge is 0.128 e. The van der Waals surface area contributed by atoms with E-state index in [4.69, 9.17) is 4.74 Å². The zero-order valence-corrected chi connectivity index (χ0v) is 12.6. The fraction of sp³-hybridized carbons (Fsp3) is 0.333. The van der Waals surface area contributed by atoms with E-state index in [0.29, 0.717) is 12.2 Å². The summed E-state index contributed by atoms with van der Waals surface area (Å²) in [6.07, 6.45) is 0.944. The highest BCUT2D eigenvalue weighted by Gasteiger charge is 2.20. The van der Waals surface area contributed by atoms with E-state index >= 15 is 0 Å². The van der Waals surface area contributed by atoms with E-state index in [2.05, 4.69) is 12.2 Å². The predicted molar refractivity (Wildman–Crippen MR) is 84.1 cm³/mol. The zero-order chi connectivity index (χ0) is 15.1. The molecule has 0 aromatic heterocycles. The molecule has 0 bridgehead atoms. The zero-order valence-electron chi connectivity index (χ0n) is 12.6. The fourth-order valence-electron chi connectivity index (χ4n) is 2.36. The lowest BCUT2D eigenvalue weighted by atomic mass is 9.97. The van der Waals surface area contributed by atoms with Crippen molar-refractivity contribution in [2.24, 2.45) is 0 Å². The Bertz CT molecular complexity index is 571. The van der Waals surface area contributed by atoms with Gasteiger partial charge in [0.2, 0.25) is 0 Å². The summed E-state index contributed by atoms with van der Waals surface area (Å²) in [5.41, 5.74) is 1.62. The summed E-state index contributed by atoms with van der Waals surface area (Å²) in [7, 11) is 0. The minimum atomic E-state index is -0.204. The maximum absolute atomic E-state index is 14.2. The molecular formula is C18H22FNO. The van der Waals surface area contributed by atoms with Gasteiger partial charge in [0.05, 0.1) is 12.6 Å². The van der Waals surface area contributed by atoms with Gasteiger partial charge in [-0.15, -0.1) is 0 Å². The number of rotatable bonds is 7. The first kappa shape index (κ1) is 15.5. The van der Waals surface area contributed by atoms with E-state index < -0.39 is 0 Å². The molecule has 0 heterocycles. The van der Waals surface area contributed by atoms with Crippen LogP contribution in [0.4, 0.5) is 4.39 Å². The third kappa shape index (κ3) is 3.82. The first-order valence-corrected chi connectivity index (χ1v) is 7.47. The minimum Gasteiger partial charge on any atom is -0.493 e. The van der Waals surface area contributed by atoms with Crippen LogP contribution in [-0.4, -0.2) is 13.2 Å². The Hall–Kier alpha value is -1.87. The number of benzene rings is 2. The van der Waals surface area contributed by atoms with Crippen LogP contribution in [0.2, 0.25) is 0 Å². The van der Waals surface area contributed by atoms with Crippen LogP contribution in [0.25, 0.3) is 0 Å². The largest absolute Gasteiger partial charge is 0.493 e. The standard InChI is InChI=1S/C18H22FNO/c1-3-13-21-17-12-8-6-10-15(17)18(20-4-2)14-9-5-7-11-16(14)19/h5-12,18,20H,3-4,13H2,1-2H3. The molecule has 0 saturated carbocycles. The fourth-order valence-corrected chi connectivity index (χ4v) is 2.36. The summed E-state index contributed by atoms with van der Waals surface area (Å²) in [4.78, 5) is 0. The van der Waals surface area contributed by atoms with Crippen LogP contribution in [0, 0.1) is 5.82 Å². The number of para-hydroxylation sites is 1. The van der Waals surface area contributed by atoms with Gasteiger partial charge in [0.15, 0.2) is 0 Å². The van der Waals surface area contributed by atoms with Crippen molar-refractivity contribution in [3.05, 3.63) is 65.5 Å². The molecule has 0 aliphatic carbocycles. The Labute approximate surface area is 126 Å². The normalized spacial score (nSPS) is 12.1. The molecule has 2 nitrogen and oxygen atoms in total. The highest BCUT2D eigenvalue weighted by Crippen LogP contribution is 2.31. The topological polar surface area (TPSA) is 21.3 Å². The number of nitrogens with one attached hydrogen (secondary N) is 1. The van der Waals surface area contributed by atoms with Gasteiger partial charge in [-0.3, -0.25) is 0 Å². The molecule has 0 fully saturated rings. The Morgan fingerprint density at radius 1 is 1.00 bits per heavy atom. The van der Waals surface area contributed by atoms with E-state index in [9.17, 15) is 4.39 Å². The molecule has 0 aliphatic heterocycles. The van der Waals surface area contributed by atoms with Crippen LogP contribution in [0.1, 0.15) is 37.4 Å². The van der Waals surface area contributed by atoms with E-state index in [1.165, 1.54) is 6.07 Å². The second kappa shape index (κ2) is 7.79. The number of hydrogen-bond donors (Lipinski definition) is 1. The summed E-state index contributed by atoms with van der Waals surface area (Å²) < 4.78 is 20.0. The Balaban J connectivity index is 2.41. The average Bonchev–Trinajstić information content (AvgIpc) is 2.52. The summed E-state index contributed by atoms with van der Waals surface area (Å²) in [5, 5.41) is 3.35. The van der Waals surface area contributed by atoms with Gasteiger partial charge in [-0.2, -0.15) is 0 Å². The number of ether oxygens (including phenoxy) is 1. The lowest BCUT2D eigenvalue weighted by molar-refractivity contribution is 0.311. The van der Waals surface area contributed by atoms with Crippen LogP contribution in [0.15, 0.2) is 48.5 Å². The molecule has 2 aromatic carbocycles. The van der Waals surface area contributed by atoms with Crippen molar-refractivity contribution in [3.63, 3.8) is 0 Å². The van der Waals surface area contributed by atoms with Gasteiger partial charge >= 0.3 is 0 Å². The summed E-state index contributed by atoms with van der Waals surface area (Å²) in [6.45, 7) is 5.50. The third-order valence-corrected chi connectivity index (χ3v) is 3.32. The first-order chi connectivity index (χ1) is 10.3. The van der Waals surface area contributed by atoms with Crippen LogP contribution in [0.3, 0.4) is 0 Å². The van der Waals surface area contributed by atoms with Crippen molar-refractivity contribution in [3.8, 4) is 5.75 Å². The summed E-state index contributed by atoms with van der Waals surface area (Å²) in [6, 6.07) is 14.5. The second-order valence-corrected chi connectivity index (χ2v) is 4.90. The van der Waals surface area contributed by atoms with Gasteiger partial charge < -0.3 is 10.1 Å². The molecule has 2 aromatic rings. The molecule has 1 atom stereocenters. The molecular weight excluding hydrogens is 265 g/mol. The summed E-state index contributed by atoms with van der Waals surface area (Å²) in [5.74, 6) is 0.613. The Kier molecular flexibility index (Phi) is 5.76. The lowest BCUT2D eigenvalue weighted by Gasteiger charge is -2.22. The van der Waals surface area contributed by atoms with Crippen molar-refractivity contribution in [1.29, 1.82) is 0 Å². The highest BCUT2D eigenvalue weighted by molar-refractivity contribution is 5.42. The molecule has 1 unspecified atom stereocenters. The number of hydrogen-bond acceptors (Lipinski definition) is 2. The lowest BCUT2D eigenvalue weighted by Crippen LogP contribution is -2.23. The predicted octanol–water partition coefficient (Wildman–Crippen LogP) is 4.31. The van der Waals surface area contributed by atoms with E-state index in [-0.39, 0.29) is 11.9 Å². The van der Waals surface area contributed by atoms with E-state index in [1.807, 2.05) is 43.3 Å². The molecule has 0 aliphatic rings. The Morgan fingerprint density at radius 3 is 2.33 bits per heavy atom. The van der Waals surface area contributed by atoms with Crippen molar-refractivity contribution < 1.29 is 9.13 Å². The SMILES string of the molecule is CCCOc1ccccc1C(NCC)c1ccccc1F. The molecule has 0 spiro atoms. The van der Waals surface area contributed by atoms with Gasteiger partial charge in [0.1, 0.15) is 11.6 Å². The molecule has 112 valence electrons. The second-order valence-electron chi connectivity index (χ2n) is 4.90. The van der Waals surface area contributed by atoms with Gasteiger partial charge in [-0.25, -0.2) is 4.39 Å². The van der Waals surface area contributed by atoms with Gasteiger partial charge in [0, 0.05) is 11.1 Å². The molecule has 3 heteroatoms. The van der Waals surface area contributed by atoms with Gasteiger partial charge in [0.25, 0.3) is 0 Å². The monoisotopic (exact) mass is 287 g/mol. The number of halogens is 1. The van der Waals surface area contributed by atoms with Crippen molar-refractivity contribution in [2.75, 3.05) is 13.2 Å². The van der Waals surface area contributed by atoms with E-state index in [1.54, 1.807) is 6.07 Å². The molecule has 21 heavy (non-hydrogen) atoms. The van der Waals surface area contributed by atoms with Crippen LogP contribution < -0.4 is 10.1 Å². The van der Waals surface area contributed by atoms with Crippen molar-refractivity contribution in [2.45, 2.75) is 26.3 Å². The Morgan fingerprint density at radius 2 is 1.67 bits per heavy atom. The van der Waals surface area contributed by atoms with Crippen LogP contribution in [0.5, 0.6) is 5.75 Å². The van der Waals surface area contributed by atoms with Crippen molar-refractivity contribution in [1.82, 2.24) is 5.32 Å². The molecule has 0 radical (unpaired) electrons. The van der Waals surface area contributed by atoms with Crippen LogP contribution in [-0.2, 0) is 0 Å². The molecule has 0 saturated heterocycles. The molecule has 0 amide bonds. The molecule has 2 rings (SSSR count). The maximum atomic E-state index is 14.2. The third-order valence-electron chi connectivity index (χ3n) is 3.32. The quantitative estimate of drug-likeness (QED) is 0.819. The van der Waals surface area contributed by atoms with Gasteiger partial charge in [-0.1, -0.05) is 50.2 Å². The first-order valence-electron chi connectivity index (χ1n) is 7.47. The molecule has 1 N–H and O–H groups in total. The van der Waals surface area contributed by atoms with Crippen molar-refractivity contribution >= 4 is 0 Å².